The number of hydrogen-bond acceptors (Lipinski definition) is 3. The Hall–Kier alpha value is -2.59. The van der Waals surface area contributed by atoms with Gasteiger partial charge in [0.1, 0.15) is 11.9 Å². The van der Waals surface area contributed by atoms with E-state index in [4.69, 9.17) is 16.3 Å². The third-order valence-electron chi connectivity index (χ3n) is 4.30. The minimum absolute atomic E-state index is 0.128. The van der Waals surface area contributed by atoms with E-state index in [1.165, 1.54) is 10.2 Å². The topological polar surface area (TPSA) is 44.1 Å². The molecule has 0 spiro atoms. The second kappa shape index (κ2) is 6.37. The minimum atomic E-state index is -0.128. The molecule has 0 amide bonds. The standard InChI is InChI=1S/C20H17ClN2O2/c1-13-10-16-11-15(4-8-19(16)25-13)18-7-9-20(24)23(22-18)12-14-2-5-17(21)6-3-14/h2-9,11,13H,10,12H2,1H3. The van der Waals surface area contributed by atoms with E-state index >= 15 is 0 Å². The van der Waals surface area contributed by atoms with Gasteiger partial charge in [-0.05, 0) is 54.4 Å². The lowest BCUT2D eigenvalue weighted by Gasteiger charge is -2.08. The number of ether oxygens (including phenoxy) is 1. The van der Waals surface area contributed by atoms with Crippen molar-refractivity contribution in [1.82, 2.24) is 9.78 Å². The molecule has 1 aliphatic rings. The van der Waals surface area contributed by atoms with Crippen molar-refractivity contribution in [2.45, 2.75) is 26.0 Å². The quantitative estimate of drug-likeness (QED) is 0.717. The second-order valence-corrected chi connectivity index (χ2v) is 6.73. The smallest absolute Gasteiger partial charge is 0.267 e. The van der Waals surface area contributed by atoms with Gasteiger partial charge in [-0.25, -0.2) is 4.68 Å². The van der Waals surface area contributed by atoms with Gasteiger partial charge in [0.2, 0.25) is 0 Å². The van der Waals surface area contributed by atoms with E-state index in [-0.39, 0.29) is 11.7 Å². The summed E-state index contributed by atoms with van der Waals surface area (Å²) in [6.45, 7) is 2.47. The van der Waals surface area contributed by atoms with Gasteiger partial charge in [0.25, 0.3) is 5.56 Å². The summed E-state index contributed by atoms with van der Waals surface area (Å²) in [7, 11) is 0. The third-order valence-corrected chi connectivity index (χ3v) is 4.56. The van der Waals surface area contributed by atoms with Crippen LogP contribution in [0, 0.1) is 0 Å². The maximum absolute atomic E-state index is 12.2. The SMILES string of the molecule is CC1Cc2cc(-c3ccc(=O)n(Cc4ccc(Cl)cc4)n3)ccc2O1. The largest absolute Gasteiger partial charge is 0.490 e. The summed E-state index contributed by atoms with van der Waals surface area (Å²) in [5.41, 5.74) is 3.80. The van der Waals surface area contributed by atoms with E-state index in [1.54, 1.807) is 12.1 Å². The molecule has 126 valence electrons. The summed E-state index contributed by atoms with van der Waals surface area (Å²) in [6.07, 6.45) is 1.10. The molecule has 0 fully saturated rings. The highest BCUT2D eigenvalue weighted by atomic mass is 35.5. The summed E-state index contributed by atoms with van der Waals surface area (Å²) in [5, 5.41) is 5.21. The number of hydrogen-bond donors (Lipinski definition) is 0. The molecule has 1 aromatic heterocycles. The lowest BCUT2D eigenvalue weighted by molar-refractivity contribution is 0.254. The molecule has 0 aliphatic carbocycles. The highest BCUT2D eigenvalue weighted by Gasteiger charge is 2.19. The van der Waals surface area contributed by atoms with E-state index in [0.717, 1.165) is 29.0 Å². The van der Waals surface area contributed by atoms with Crippen LogP contribution in [0.5, 0.6) is 5.75 Å². The Balaban J connectivity index is 1.67. The molecule has 2 heterocycles. The number of fused-ring (bicyclic) bond motifs is 1. The molecular formula is C20H17ClN2O2. The molecule has 2 aromatic carbocycles. The Labute approximate surface area is 150 Å². The van der Waals surface area contributed by atoms with Gasteiger partial charge in [-0.2, -0.15) is 5.10 Å². The normalized spacial score (nSPS) is 15.7. The molecule has 0 bridgehead atoms. The molecule has 1 atom stereocenters. The molecule has 4 nitrogen and oxygen atoms in total. The Morgan fingerprint density at radius 3 is 2.76 bits per heavy atom. The predicted molar refractivity (Wildman–Crippen MR) is 98.3 cm³/mol. The average molecular weight is 353 g/mol. The summed E-state index contributed by atoms with van der Waals surface area (Å²) in [6, 6.07) is 16.8. The third kappa shape index (κ3) is 3.30. The number of halogens is 1. The molecule has 5 heteroatoms. The molecule has 3 aromatic rings. The molecule has 0 saturated carbocycles. The number of nitrogens with zero attached hydrogens (tertiary/aromatic N) is 2. The Morgan fingerprint density at radius 1 is 1.16 bits per heavy atom. The van der Waals surface area contributed by atoms with Gasteiger partial charge in [0, 0.05) is 23.1 Å². The van der Waals surface area contributed by atoms with Crippen molar-refractivity contribution in [3.63, 3.8) is 0 Å². The Kier molecular flexibility index (Phi) is 4.06. The predicted octanol–water partition coefficient (Wildman–Crippen LogP) is 3.94. The van der Waals surface area contributed by atoms with E-state index in [0.29, 0.717) is 11.6 Å². The fraction of sp³-hybridized carbons (Fsp3) is 0.200. The van der Waals surface area contributed by atoms with Crippen molar-refractivity contribution in [2.75, 3.05) is 0 Å². The van der Waals surface area contributed by atoms with Crippen LogP contribution >= 0.6 is 11.6 Å². The molecule has 25 heavy (non-hydrogen) atoms. The van der Waals surface area contributed by atoms with Crippen molar-refractivity contribution in [2.24, 2.45) is 0 Å². The van der Waals surface area contributed by atoms with E-state index < -0.39 is 0 Å². The van der Waals surface area contributed by atoms with Crippen molar-refractivity contribution < 1.29 is 4.74 Å². The fourth-order valence-corrected chi connectivity index (χ4v) is 3.19. The van der Waals surface area contributed by atoms with Crippen LogP contribution < -0.4 is 10.3 Å². The molecule has 1 unspecified atom stereocenters. The van der Waals surface area contributed by atoms with Crippen molar-refractivity contribution in [3.05, 3.63) is 81.1 Å². The van der Waals surface area contributed by atoms with Crippen molar-refractivity contribution in [3.8, 4) is 17.0 Å². The van der Waals surface area contributed by atoms with E-state index in [9.17, 15) is 4.79 Å². The first-order chi connectivity index (χ1) is 12.1. The van der Waals surface area contributed by atoms with Gasteiger partial charge < -0.3 is 4.74 Å². The van der Waals surface area contributed by atoms with Crippen LogP contribution in [0.3, 0.4) is 0 Å². The zero-order valence-electron chi connectivity index (χ0n) is 13.8. The van der Waals surface area contributed by atoms with Gasteiger partial charge in [0.15, 0.2) is 0 Å². The van der Waals surface area contributed by atoms with Gasteiger partial charge >= 0.3 is 0 Å². The second-order valence-electron chi connectivity index (χ2n) is 6.30. The first-order valence-corrected chi connectivity index (χ1v) is 8.59. The fourth-order valence-electron chi connectivity index (χ4n) is 3.06. The van der Waals surface area contributed by atoms with Crippen LogP contribution in [0.15, 0.2) is 59.4 Å². The lowest BCUT2D eigenvalue weighted by atomic mass is 10.0. The zero-order valence-corrected chi connectivity index (χ0v) is 14.5. The van der Waals surface area contributed by atoms with Crippen molar-refractivity contribution in [1.29, 1.82) is 0 Å². The zero-order chi connectivity index (χ0) is 17.4. The maximum atomic E-state index is 12.2. The van der Waals surface area contributed by atoms with Crippen LogP contribution in [0.25, 0.3) is 11.3 Å². The summed E-state index contributed by atoms with van der Waals surface area (Å²) < 4.78 is 7.22. The van der Waals surface area contributed by atoms with Crippen LogP contribution in [0.1, 0.15) is 18.1 Å². The van der Waals surface area contributed by atoms with E-state index in [1.807, 2.05) is 36.4 Å². The monoisotopic (exact) mass is 352 g/mol. The first-order valence-electron chi connectivity index (χ1n) is 8.21. The van der Waals surface area contributed by atoms with Crippen LogP contribution in [-0.4, -0.2) is 15.9 Å². The Morgan fingerprint density at radius 2 is 1.96 bits per heavy atom. The first kappa shape index (κ1) is 15.9. The van der Waals surface area contributed by atoms with Crippen LogP contribution in [0.2, 0.25) is 5.02 Å². The molecule has 1 aliphatic heterocycles. The number of rotatable bonds is 3. The average Bonchev–Trinajstić information content (AvgIpc) is 2.98. The summed E-state index contributed by atoms with van der Waals surface area (Å²) in [4.78, 5) is 12.2. The molecule has 4 rings (SSSR count). The van der Waals surface area contributed by atoms with E-state index in [2.05, 4.69) is 18.1 Å². The van der Waals surface area contributed by atoms with Gasteiger partial charge in [-0.3, -0.25) is 4.79 Å². The highest BCUT2D eigenvalue weighted by Crippen LogP contribution is 2.32. The van der Waals surface area contributed by atoms with Gasteiger partial charge in [-0.1, -0.05) is 23.7 Å². The highest BCUT2D eigenvalue weighted by molar-refractivity contribution is 6.30. The van der Waals surface area contributed by atoms with Gasteiger partial charge in [-0.15, -0.1) is 0 Å². The van der Waals surface area contributed by atoms with Crippen molar-refractivity contribution >= 4 is 11.6 Å². The lowest BCUT2D eigenvalue weighted by Crippen LogP contribution is -2.22. The number of aromatic nitrogens is 2. The minimum Gasteiger partial charge on any atom is -0.490 e. The maximum Gasteiger partial charge on any atom is 0.267 e. The summed E-state index contributed by atoms with van der Waals surface area (Å²) >= 11 is 5.91. The van der Waals surface area contributed by atoms with Gasteiger partial charge in [0.05, 0.1) is 12.2 Å². The Bertz CT molecular complexity index is 980. The molecular weight excluding hydrogens is 336 g/mol. The molecule has 0 radical (unpaired) electrons. The van der Waals surface area contributed by atoms with Crippen LogP contribution in [-0.2, 0) is 13.0 Å². The summed E-state index contributed by atoms with van der Waals surface area (Å²) in [5.74, 6) is 0.936. The van der Waals surface area contributed by atoms with Crippen LogP contribution in [0.4, 0.5) is 0 Å². The molecule has 0 N–H and O–H groups in total. The number of benzene rings is 2. The molecule has 0 saturated heterocycles.